The van der Waals surface area contributed by atoms with E-state index in [1.54, 1.807) is 18.3 Å². The lowest BCUT2D eigenvalue weighted by atomic mass is 10.1. The Bertz CT molecular complexity index is 1040. The maximum Gasteiger partial charge on any atom is 0.303 e. The molecule has 2 aromatic heterocycles. The summed E-state index contributed by atoms with van der Waals surface area (Å²) in [5, 5.41) is 11.3. The molecular formula is C19H21N7O3. The maximum absolute atomic E-state index is 12.1. The zero-order chi connectivity index (χ0) is 20.8. The predicted octanol–water partition coefficient (Wildman–Crippen LogP) is 0.964. The summed E-state index contributed by atoms with van der Waals surface area (Å²) >= 11 is 0. The second kappa shape index (κ2) is 8.91. The minimum Gasteiger partial charge on any atom is -0.481 e. The number of aryl methyl sites for hydroxylation is 2. The second-order valence-corrected chi connectivity index (χ2v) is 6.45. The number of carboxylic acid groups (broad SMARTS) is 1. The van der Waals surface area contributed by atoms with E-state index in [2.05, 4.69) is 25.3 Å². The Morgan fingerprint density at radius 3 is 2.52 bits per heavy atom. The summed E-state index contributed by atoms with van der Waals surface area (Å²) in [6, 6.07) is 7.22. The van der Waals surface area contributed by atoms with Gasteiger partial charge in [0.15, 0.2) is 17.0 Å². The quantitative estimate of drug-likeness (QED) is 0.406. The number of nitrogens with one attached hydrogen (secondary N) is 1. The first-order chi connectivity index (χ1) is 13.9. The van der Waals surface area contributed by atoms with E-state index in [9.17, 15) is 9.59 Å². The molecule has 0 saturated heterocycles. The number of carbonyl (C=O) groups is 2. The van der Waals surface area contributed by atoms with Crippen LogP contribution in [0.15, 0.2) is 30.5 Å². The number of carboxylic acids is 1. The van der Waals surface area contributed by atoms with Crippen LogP contribution < -0.4 is 16.8 Å². The standard InChI is InChI=1S/C19H21N7O3/c20-16-15-17(26-19(21)25-16)23-10-13(24-15)8-5-11-3-6-12(7-4-11)18(29)22-9-1-2-14(27)28/h3-4,6-7,10H,1-2,5,8-9H2,(H,22,29)(H,27,28)(H4,20,21,23,25,26). The molecule has 2 heterocycles. The lowest BCUT2D eigenvalue weighted by molar-refractivity contribution is -0.137. The highest BCUT2D eigenvalue weighted by Crippen LogP contribution is 2.15. The first-order valence-corrected chi connectivity index (χ1v) is 9.06. The number of fused-ring (bicyclic) bond motifs is 1. The van der Waals surface area contributed by atoms with Crippen LogP contribution in [0.25, 0.3) is 11.2 Å². The zero-order valence-corrected chi connectivity index (χ0v) is 15.6. The van der Waals surface area contributed by atoms with Crippen molar-refractivity contribution in [3.8, 4) is 0 Å². The van der Waals surface area contributed by atoms with Crippen molar-refractivity contribution in [1.29, 1.82) is 0 Å². The molecule has 150 valence electrons. The Balaban J connectivity index is 1.57. The largest absolute Gasteiger partial charge is 0.481 e. The third kappa shape index (κ3) is 5.34. The van der Waals surface area contributed by atoms with Gasteiger partial charge in [-0.25, -0.2) is 9.97 Å². The molecule has 0 atom stereocenters. The third-order valence-electron chi connectivity index (χ3n) is 4.24. The van der Waals surface area contributed by atoms with E-state index >= 15 is 0 Å². The zero-order valence-electron chi connectivity index (χ0n) is 15.6. The summed E-state index contributed by atoms with van der Waals surface area (Å²) in [6.45, 7) is 0.325. The van der Waals surface area contributed by atoms with Crippen LogP contribution in [0.1, 0.15) is 34.5 Å². The molecule has 3 rings (SSSR count). The molecule has 1 amide bonds. The van der Waals surface area contributed by atoms with Gasteiger partial charge in [-0.1, -0.05) is 12.1 Å². The van der Waals surface area contributed by atoms with Crippen molar-refractivity contribution in [1.82, 2.24) is 25.3 Å². The van der Waals surface area contributed by atoms with E-state index in [4.69, 9.17) is 16.6 Å². The molecule has 0 bridgehead atoms. The molecule has 3 aromatic rings. The van der Waals surface area contributed by atoms with Crippen LogP contribution in [0.3, 0.4) is 0 Å². The van der Waals surface area contributed by atoms with Crippen molar-refractivity contribution in [3.05, 3.63) is 47.3 Å². The van der Waals surface area contributed by atoms with Gasteiger partial charge < -0.3 is 21.9 Å². The highest BCUT2D eigenvalue weighted by atomic mass is 16.4. The third-order valence-corrected chi connectivity index (χ3v) is 4.24. The number of aromatic nitrogens is 4. The number of anilines is 2. The predicted molar refractivity (Wildman–Crippen MR) is 107 cm³/mol. The van der Waals surface area contributed by atoms with Crippen LogP contribution in [-0.2, 0) is 17.6 Å². The molecule has 0 aliphatic carbocycles. The Morgan fingerprint density at radius 2 is 1.79 bits per heavy atom. The van der Waals surface area contributed by atoms with Gasteiger partial charge in [0.1, 0.15) is 0 Å². The van der Waals surface area contributed by atoms with Crippen molar-refractivity contribution in [2.24, 2.45) is 0 Å². The number of hydrogen-bond acceptors (Lipinski definition) is 8. The number of rotatable bonds is 8. The summed E-state index contributed by atoms with van der Waals surface area (Å²) in [6.07, 6.45) is 3.40. The van der Waals surface area contributed by atoms with Gasteiger partial charge in [-0.05, 0) is 37.0 Å². The van der Waals surface area contributed by atoms with E-state index in [-0.39, 0.29) is 24.1 Å². The van der Waals surface area contributed by atoms with Crippen LogP contribution in [0.4, 0.5) is 11.8 Å². The van der Waals surface area contributed by atoms with E-state index in [1.807, 2.05) is 12.1 Å². The average Bonchev–Trinajstić information content (AvgIpc) is 2.70. The summed E-state index contributed by atoms with van der Waals surface area (Å²) in [7, 11) is 0. The fraction of sp³-hybridized carbons (Fsp3) is 0.263. The van der Waals surface area contributed by atoms with E-state index < -0.39 is 5.97 Å². The Hall–Kier alpha value is -3.82. The number of hydrogen-bond donors (Lipinski definition) is 4. The van der Waals surface area contributed by atoms with Crippen LogP contribution in [0, 0.1) is 0 Å². The van der Waals surface area contributed by atoms with Crippen LogP contribution in [-0.4, -0.2) is 43.5 Å². The minimum atomic E-state index is -0.876. The summed E-state index contributed by atoms with van der Waals surface area (Å²) < 4.78 is 0. The molecule has 10 nitrogen and oxygen atoms in total. The number of nitrogens with zero attached hydrogens (tertiary/aromatic N) is 4. The number of carbonyl (C=O) groups excluding carboxylic acids is 1. The number of aliphatic carboxylic acids is 1. The molecular weight excluding hydrogens is 374 g/mol. The normalized spacial score (nSPS) is 10.8. The number of benzene rings is 1. The van der Waals surface area contributed by atoms with Gasteiger partial charge >= 0.3 is 5.97 Å². The molecule has 0 spiro atoms. The molecule has 29 heavy (non-hydrogen) atoms. The molecule has 0 radical (unpaired) electrons. The van der Waals surface area contributed by atoms with Crippen molar-refractivity contribution >= 4 is 34.8 Å². The summed E-state index contributed by atoms with van der Waals surface area (Å²) in [4.78, 5) is 39.1. The van der Waals surface area contributed by atoms with Gasteiger partial charge in [-0.15, -0.1) is 0 Å². The fourth-order valence-corrected chi connectivity index (χ4v) is 2.74. The fourth-order valence-electron chi connectivity index (χ4n) is 2.74. The van der Waals surface area contributed by atoms with Crippen molar-refractivity contribution < 1.29 is 14.7 Å². The van der Waals surface area contributed by atoms with Gasteiger partial charge in [0.25, 0.3) is 5.91 Å². The van der Waals surface area contributed by atoms with Crippen molar-refractivity contribution in [2.45, 2.75) is 25.7 Å². The molecule has 0 unspecified atom stereocenters. The van der Waals surface area contributed by atoms with E-state index in [0.29, 0.717) is 42.5 Å². The van der Waals surface area contributed by atoms with E-state index in [0.717, 1.165) is 11.3 Å². The van der Waals surface area contributed by atoms with Gasteiger partial charge in [-0.3, -0.25) is 9.59 Å². The smallest absolute Gasteiger partial charge is 0.303 e. The van der Waals surface area contributed by atoms with Gasteiger partial charge in [0.05, 0.1) is 11.9 Å². The van der Waals surface area contributed by atoms with E-state index in [1.165, 1.54) is 0 Å². The highest BCUT2D eigenvalue weighted by Gasteiger charge is 2.09. The number of amides is 1. The molecule has 0 fully saturated rings. The second-order valence-electron chi connectivity index (χ2n) is 6.45. The average molecular weight is 395 g/mol. The van der Waals surface area contributed by atoms with Crippen LogP contribution in [0.5, 0.6) is 0 Å². The van der Waals surface area contributed by atoms with Crippen LogP contribution in [0.2, 0.25) is 0 Å². The first kappa shape index (κ1) is 19.9. The Morgan fingerprint density at radius 1 is 1.03 bits per heavy atom. The molecule has 0 saturated carbocycles. The topological polar surface area (TPSA) is 170 Å². The van der Waals surface area contributed by atoms with Crippen molar-refractivity contribution in [3.63, 3.8) is 0 Å². The Kier molecular flexibility index (Phi) is 6.12. The van der Waals surface area contributed by atoms with Gasteiger partial charge in [0.2, 0.25) is 5.95 Å². The molecule has 1 aromatic carbocycles. The molecule has 10 heteroatoms. The van der Waals surface area contributed by atoms with Gasteiger partial charge in [-0.2, -0.15) is 9.97 Å². The van der Waals surface area contributed by atoms with Gasteiger partial charge in [0, 0.05) is 18.5 Å². The first-order valence-electron chi connectivity index (χ1n) is 9.06. The number of nitrogens with two attached hydrogens (primary N) is 2. The lowest BCUT2D eigenvalue weighted by Gasteiger charge is -2.07. The molecule has 0 aliphatic rings. The van der Waals surface area contributed by atoms with Crippen LogP contribution >= 0.6 is 0 Å². The molecule has 6 N–H and O–H groups in total. The van der Waals surface area contributed by atoms with Crippen molar-refractivity contribution in [2.75, 3.05) is 18.0 Å². The summed E-state index contributed by atoms with van der Waals surface area (Å²) in [5.74, 6) is -0.847. The molecule has 0 aliphatic heterocycles. The lowest BCUT2D eigenvalue weighted by Crippen LogP contribution is -2.24. The minimum absolute atomic E-state index is 0.0298. The SMILES string of the molecule is Nc1nc(N)c2nc(CCc3ccc(C(=O)NCCCC(=O)O)cc3)cnc2n1. The highest BCUT2D eigenvalue weighted by molar-refractivity contribution is 5.94. The Labute approximate surface area is 166 Å². The maximum atomic E-state index is 12.1. The monoisotopic (exact) mass is 395 g/mol. The number of nitrogen functional groups attached to an aromatic ring is 2. The summed E-state index contributed by atoms with van der Waals surface area (Å²) in [5.41, 5.74) is 14.5.